The Kier molecular flexibility index (Phi) is 8.52. The van der Waals surface area contributed by atoms with E-state index < -0.39 is 5.82 Å². The largest absolute Gasteiger partial charge is 0.506 e. The molecular weight excluding hydrogens is 508 g/mol. The van der Waals surface area contributed by atoms with E-state index >= 15 is 0 Å². The maximum Gasteiger partial charge on any atom is 0.270 e. The Labute approximate surface area is 218 Å². The quantitative estimate of drug-likeness (QED) is 0.273. The molecule has 190 valence electrons. The van der Waals surface area contributed by atoms with Gasteiger partial charge in [-0.25, -0.2) is 9.37 Å². The van der Waals surface area contributed by atoms with Crippen LogP contribution < -0.4 is 10.2 Å². The highest BCUT2D eigenvalue weighted by atomic mass is 35.5. The van der Waals surface area contributed by atoms with Crippen LogP contribution in [0.2, 0.25) is 10.0 Å². The van der Waals surface area contributed by atoms with Crippen LogP contribution in [0.4, 0.5) is 27.5 Å². The van der Waals surface area contributed by atoms with E-state index in [1.54, 1.807) is 18.2 Å². The van der Waals surface area contributed by atoms with Gasteiger partial charge in [0.2, 0.25) is 0 Å². The van der Waals surface area contributed by atoms with Gasteiger partial charge in [0, 0.05) is 44.0 Å². The fourth-order valence-electron chi connectivity index (χ4n) is 3.90. The SMILES string of the molecule is Cc1cccc(Cl)c1Nc1cc(Cl)c(O)c(CN=Nc2ncc(F)c(N3CCN(CCO)CC3)n2)c1. The Balaban J connectivity index is 1.47. The van der Waals surface area contributed by atoms with Gasteiger partial charge in [-0.1, -0.05) is 35.3 Å². The highest BCUT2D eigenvalue weighted by Gasteiger charge is 2.21. The van der Waals surface area contributed by atoms with E-state index in [-0.39, 0.29) is 35.7 Å². The predicted molar refractivity (Wildman–Crippen MR) is 139 cm³/mol. The molecule has 12 heteroatoms. The van der Waals surface area contributed by atoms with Crippen molar-refractivity contribution in [2.75, 3.05) is 49.5 Å². The number of piperazine rings is 1. The third-order valence-electron chi connectivity index (χ3n) is 5.84. The lowest BCUT2D eigenvalue weighted by Gasteiger charge is -2.35. The first kappa shape index (κ1) is 26.0. The van der Waals surface area contributed by atoms with Crippen LogP contribution in [0.25, 0.3) is 0 Å². The molecule has 0 spiro atoms. The maximum atomic E-state index is 14.4. The standard InChI is InChI=1S/C24H26Cl2FN7O2/c1-15-3-2-4-18(25)21(15)30-17-11-16(22(36)19(26)12-17)13-29-32-24-28-14-20(27)23(31-24)34-7-5-33(6-8-34)9-10-35/h2-4,11-12,14,30,35-36H,5-10,13H2,1H3. The van der Waals surface area contributed by atoms with Crippen molar-refractivity contribution >= 4 is 46.3 Å². The van der Waals surface area contributed by atoms with Crippen LogP contribution in [0, 0.1) is 12.7 Å². The second kappa shape index (κ2) is 11.8. The molecule has 36 heavy (non-hydrogen) atoms. The van der Waals surface area contributed by atoms with Crippen LogP contribution in [0.5, 0.6) is 5.75 Å². The molecule has 0 atom stereocenters. The number of halogens is 3. The average Bonchev–Trinajstić information content (AvgIpc) is 2.86. The number of aliphatic hydroxyl groups is 1. The monoisotopic (exact) mass is 533 g/mol. The number of benzene rings is 2. The molecule has 1 aliphatic heterocycles. The molecule has 0 bridgehead atoms. The van der Waals surface area contributed by atoms with Crippen LogP contribution >= 0.6 is 23.2 Å². The van der Waals surface area contributed by atoms with Gasteiger partial charge in [0.15, 0.2) is 11.6 Å². The number of β-amino-alcohol motifs (C(OH)–C–C–N with tert-alkyl or cyclic N) is 1. The predicted octanol–water partition coefficient (Wildman–Crippen LogP) is 5.08. The van der Waals surface area contributed by atoms with Crippen LogP contribution in [0.15, 0.2) is 46.8 Å². The van der Waals surface area contributed by atoms with E-state index in [1.807, 2.05) is 24.0 Å². The molecule has 1 fully saturated rings. The minimum atomic E-state index is -0.539. The summed E-state index contributed by atoms with van der Waals surface area (Å²) in [5, 5.41) is 31.6. The average molecular weight is 534 g/mol. The van der Waals surface area contributed by atoms with Gasteiger partial charge in [0.05, 0.1) is 35.1 Å². The van der Waals surface area contributed by atoms with Crippen molar-refractivity contribution < 1.29 is 14.6 Å². The van der Waals surface area contributed by atoms with E-state index in [0.717, 1.165) is 17.4 Å². The zero-order valence-corrected chi connectivity index (χ0v) is 21.1. The number of anilines is 3. The van der Waals surface area contributed by atoms with Crippen molar-refractivity contribution in [2.45, 2.75) is 13.5 Å². The van der Waals surface area contributed by atoms with E-state index in [1.165, 1.54) is 0 Å². The van der Waals surface area contributed by atoms with Gasteiger partial charge in [-0.15, -0.1) is 5.11 Å². The van der Waals surface area contributed by atoms with Gasteiger partial charge in [0.1, 0.15) is 5.75 Å². The number of phenols is 1. The number of aromatic hydroxyl groups is 1. The number of rotatable bonds is 8. The van der Waals surface area contributed by atoms with Crippen molar-refractivity contribution in [3.63, 3.8) is 0 Å². The molecular formula is C24H26Cl2FN7O2. The van der Waals surface area contributed by atoms with E-state index in [4.69, 9.17) is 28.3 Å². The summed E-state index contributed by atoms with van der Waals surface area (Å²) in [5.41, 5.74) is 2.74. The van der Waals surface area contributed by atoms with Crippen LogP contribution in [-0.2, 0) is 6.54 Å². The van der Waals surface area contributed by atoms with Crippen molar-refractivity contribution in [1.82, 2.24) is 14.9 Å². The fraction of sp³-hybridized carbons (Fsp3) is 0.333. The summed E-state index contributed by atoms with van der Waals surface area (Å²) in [6.45, 7) is 5.13. The van der Waals surface area contributed by atoms with E-state index in [2.05, 4.69) is 30.4 Å². The zero-order chi connectivity index (χ0) is 25.7. The van der Waals surface area contributed by atoms with Gasteiger partial charge in [-0.2, -0.15) is 10.1 Å². The number of aryl methyl sites for hydroxylation is 1. The third kappa shape index (κ3) is 6.19. The Bertz CT molecular complexity index is 1230. The number of nitrogens with one attached hydrogen (secondary N) is 1. The first-order valence-electron chi connectivity index (χ1n) is 11.4. The Morgan fingerprint density at radius 3 is 2.64 bits per heavy atom. The van der Waals surface area contributed by atoms with Crippen molar-refractivity contribution in [2.24, 2.45) is 10.2 Å². The number of hydrogen-bond donors (Lipinski definition) is 3. The molecule has 2 heterocycles. The number of para-hydroxylation sites is 1. The number of azo groups is 1. The topological polar surface area (TPSA) is 109 Å². The van der Waals surface area contributed by atoms with Gasteiger partial charge in [-0.3, -0.25) is 4.90 Å². The summed E-state index contributed by atoms with van der Waals surface area (Å²) in [6.07, 6.45) is 1.07. The summed E-state index contributed by atoms with van der Waals surface area (Å²) >= 11 is 12.5. The smallest absolute Gasteiger partial charge is 0.270 e. The Morgan fingerprint density at radius 2 is 1.92 bits per heavy atom. The van der Waals surface area contributed by atoms with E-state index in [0.29, 0.717) is 49.0 Å². The molecule has 1 aromatic heterocycles. The normalized spacial score (nSPS) is 14.5. The molecule has 0 saturated carbocycles. The lowest BCUT2D eigenvalue weighted by Crippen LogP contribution is -2.47. The molecule has 0 radical (unpaired) electrons. The molecule has 1 aliphatic rings. The van der Waals surface area contributed by atoms with Gasteiger partial charge >= 0.3 is 0 Å². The Hall–Kier alpha value is -3.05. The molecule has 0 unspecified atom stereocenters. The van der Waals surface area contributed by atoms with Gasteiger partial charge in [-0.05, 0) is 30.7 Å². The molecule has 9 nitrogen and oxygen atoms in total. The van der Waals surface area contributed by atoms with Gasteiger partial charge < -0.3 is 20.4 Å². The highest BCUT2D eigenvalue weighted by Crippen LogP contribution is 2.35. The molecule has 2 aromatic carbocycles. The summed E-state index contributed by atoms with van der Waals surface area (Å²) in [5.74, 6) is -0.480. The summed E-state index contributed by atoms with van der Waals surface area (Å²) in [6, 6.07) is 8.86. The van der Waals surface area contributed by atoms with Crippen molar-refractivity contribution in [3.05, 3.63) is 63.5 Å². The van der Waals surface area contributed by atoms with Crippen LogP contribution in [-0.4, -0.2) is 64.4 Å². The second-order valence-corrected chi connectivity index (χ2v) is 9.13. The number of phenolic OH excluding ortho intramolecular Hbond substituents is 1. The third-order valence-corrected chi connectivity index (χ3v) is 6.44. The molecule has 3 N–H and O–H groups in total. The van der Waals surface area contributed by atoms with Gasteiger partial charge in [0.25, 0.3) is 5.95 Å². The summed E-state index contributed by atoms with van der Waals surface area (Å²) < 4.78 is 14.4. The van der Waals surface area contributed by atoms with Crippen LogP contribution in [0.1, 0.15) is 11.1 Å². The zero-order valence-electron chi connectivity index (χ0n) is 19.6. The summed E-state index contributed by atoms with van der Waals surface area (Å²) in [4.78, 5) is 12.1. The Morgan fingerprint density at radius 1 is 1.14 bits per heavy atom. The first-order valence-corrected chi connectivity index (χ1v) is 12.1. The minimum absolute atomic E-state index is 0.00151. The molecule has 4 rings (SSSR count). The minimum Gasteiger partial charge on any atom is -0.506 e. The molecule has 0 aliphatic carbocycles. The van der Waals surface area contributed by atoms with E-state index in [9.17, 15) is 9.50 Å². The summed E-state index contributed by atoms with van der Waals surface area (Å²) in [7, 11) is 0. The lowest BCUT2D eigenvalue weighted by atomic mass is 10.1. The number of aromatic nitrogens is 2. The second-order valence-electron chi connectivity index (χ2n) is 8.32. The maximum absolute atomic E-state index is 14.4. The molecule has 1 saturated heterocycles. The molecule has 0 amide bonds. The van der Waals surface area contributed by atoms with Crippen LogP contribution in [0.3, 0.4) is 0 Å². The lowest BCUT2D eigenvalue weighted by molar-refractivity contribution is 0.188. The number of nitrogens with zero attached hydrogens (tertiary/aromatic N) is 6. The highest BCUT2D eigenvalue weighted by molar-refractivity contribution is 6.34. The van der Waals surface area contributed by atoms with Crippen molar-refractivity contribution in [1.29, 1.82) is 0 Å². The first-order chi connectivity index (χ1) is 17.4. The molecule has 3 aromatic rings. The number of hydrogen-bond acceptors (Lipinski definition) is 9. The number of aliphatic hydroxyl groups excluding tert-OH is 1. The van der Waals surface area contributed by atoms with Crippen molar-refractivity contribution in [3.8, 4) is 5.75 Å². The fourth-order valence-corrected chi connectivity index (χ4v) is 4.41.